The molecule has 0 radical (unpaired) electrons. The van der Waals surface area contributed by atoms with E-state index in [1.807, 2.05) is 52.8 Å². The lowest BCUT2D eigenvalue weighted by Gasteiger charge is -2.20. The number of aromatic nitrogens is 2. The number of nitrogens with zero attached hydrogens (tertiary/aromatic N) is 2. The number of carbonyl (C=O) groups excluding carboxylic acids is 2. The first-order valence-corrected chi connectivity index (χ1v) is 8.83. The van der Waals surface area contributed by atoms with Crippen LogP contribution in [0.25, 0.3) is 0 Å². The van der Waals surface area contributed by atoms with Crippen LogP contribution in [0.3, 0.4) is 0 Å². The molecule has 2 aromatic rings. The molecule has 0 atom stereocenters. The molecule has 1 aromatic heterocycles. The van der Waals surface area contributed by atoms with Gasteiger partial charge in [-0.1, -0.05) is 6.07 Å². The molecule has 7 nitrogen and oxygen atoms in total. The third kappa shape index (κ3) is 6.06. The van der Waals surface area contributed by atoms with Crippen molar-refractivity contribution in [3.05, 3.63) is 57.5 Å². The number of benzene rings is 1. The zero-order valence-electron chi connectivity index (χ0n) is 16.4. The van der Waals surface area contributed by atoms with Crippen LogP contribution in [0, 0.1) is 13.8 Å². The standard InChI is InChI=1S/C20H26N4O3/c1-13-6-7-15(12-14(13)2)21-19(27)16-8-9-18(26)24(23-16)11-10-17(25)22-20(3,4)5/h6-9,12H,10-11H2,1-5H3,(H,21,27)(H,22,25). The summed E-state index contributed by atoms with van der Waals surface area (Å²) in [6.07, 6.45) is 0.104. The van der Waals surface area contributed by atoms with Crippen molar-refractivity contribution in [2.75, 3.05) is 5.32 Å². The van der Waals surface area contributed by atoms with Crippen molar-refractivity contribution in [3.63, 3.8) is 0 Å². The van der Waals surface area contributed by atoms with E-state index in [9.17, 15) is 14.4 Å². The molecule has 7 heteroatoms. The van der Waals surface area contributed by atoms with Crippen molar-refractivity contribution in [1.82, 2.24) is 15.1 Å². The van der Waals surface area contributed by atoms with Gasteiger partial charge in [0, 0.05) is 23.7 Å². The Morgan fingerprint density at radius 3 is 2.41 bits per heavy atom. The highest BCUT2D eigenvalue weighted by Crippen LogP contribution is 2.14. The van der Waals surface area contributed by atoms with Gasteiger partial charge in [0.25, 0.3) is 11.5 Å². The summed E-state index contributed by atoms with van der Waals surface area (Å²) >= 11 is 0. The molecule has 144 valence electrons. The number of anilines is 1. The van der Waals surface area contributed by atoms with Gasteiger partial charge in [0.1, 0.15) is 5.69 Å². The lowest BCUT2D eigenvalue weighted by atomic mass is 10.1. The molecule has 27 heavy (non-hydrogen) atoms. The van der Waals surface area contributed by atoms with Gasteiger partial charge < -0.3 is 10.6 Å². The lowest BCUT2D eigenvalue weighted by molar-refractivity contribution is -0.122. The second kappa shape index (κ2) is 8.16. The summed E-state index contributed by atoms with van der Waals surface area (Å²) in [7, 11) is 0. The molecule has 2 amide bonds. The predicted molar refractivity (Wildman–Crippen MR) is 105 cm³/mol. The maximum absolute atomic E-state index is 12.4. The van der Waals surface area contributed by atoms with Crippen molar-refractivity contribution in [2.24, 2.45) is 0 Å². The van der Waals surface area contributed by atoms with Gasteiger partial charge >= 0.3 is 0 Å². The fourth-order valence-corrected chi connectivity index (χ4v) is 2.43. The molecule has 0 spiro atoms. The summed E-state index contributed by atoms with van der Waals surface area (Å²) in [5.74, 6) is -0.590. The molecule has 2 N–H and O–H groups in total. The molecule has 0 saturated carbocycles. The first-order chi connectivity index (χ1) is 12.5. The number of carbonyl (C=O) groups is 2. The zero-order valence-corrected chi connectivity index (χ0v) is 16.4. The van der Waals surface area contributed by atoms with Gasteiger partial charge in [-0.3, -0.25) is 14.4 Å². The minimum atomic E-state index is -0.411. The van der Waals surface area contributed by atoms with Gasteiger partial charge in [0.05, 0.1) is 6.54 Å². The number of amides is 2. The molecule has 1 heterocycles. The molecule has 0 aliphatic rings. The number of rotatable bonds is 5. The normalized spacial score (nSPS) is 11.1. The highest BCUT2D eigenvalue weighted by Gasteiger charge is 2.15. The largest absolute Gasteiger partial charge is 0.351 e. The number of aryl methyl sites for hydroxylation is 3. The van der Waals surface area contributed by atoms with Crippen LogP contribution in [0.1, 0.15) is 48.8 Å². The van der Waals surface area contributed by atoms with Gasteiger partial charge in [-0.05, 0) is 63.9 Å². The average molecular weight is 370 g/mol. The maximum Gasteiger partial charge on any atom is 0.276 e. The van der Waals surface area contributed by atoms with Gasteiger partial charge in [-0.2, -0.15) is 5.10 Å². The van der Waals surface area contributed by atoms with E-state index in [4.69, 9.17) is 0 Å². The van der Waals surface area contributed by atoms with E-state index in [1.54, 1.807) is 0 Å². The SMILES string of the molecule is Cc1ccc(NC(=O)c2ccc(=O)n(CCC(=O)NC(C)(C)C)n2)cc1C. The molecule has 0 saturated heterocycles. The van der Waals surface area contributed by atoms with Gasteiger partial charge in [0.2, 0.25) is 5.91 Å². The van der Waals surface area contributed by atoms with E-state index in [0.29, 0.717) is 5.69 Å². The first kappa shape index (κ1) is 20.4. The van der Waals surface area contributed by atoms with E-state index >= 15 is 0 Å². The van der Waals surface area contributed by atoms with Crippen LogP contribution < -0.4 is 16.2 Å². The van der Waals surface area contributed by atoms with Gasteiger partial charge in [-0.25, -0.2) is 4.68 Å². The Kier molecular flexibility index (Phi) is 6.15. The van der Waals surface area contributed by atoms with Crippen LogP contribution >= 0.6 is 0 Å². The van der Waals surface area contributed by atoms with Crippen LogP contribution in [0.4, 0.5) is 5.69 Å². The van der Waals surface area contributed by atoms with Crippen molar-refractivity contribution in [3.8, 4) is 0 Å². The maximum atomic E-state index is 12.4. The molecule has 2 rings (SSSR count). The first-order valence-electron chi connectivity index (χ1n) is 8.83. The smallest absolute Gasteiger partial charge is 0.276 e. The van der Waals surface area contributed by atoms with Gasteiger partial charge in [0.15, 0.2) is 0 Å². The molecule has 1 aromatic carbocycles. The summed E-state index contributed by atoms with van der Waals surface area (Å²) in [6, 6.07) is 8.27. The quantitative estimate of drug-likeness (QED) is 0.845. The Bertz CT molecular complexity index is 910. The van der Waals surface area contributed by atoms with Gasteiger partial charge in [-0.15, -0.1) is 0 Å². The van der Waals surface area contributed by atoms with E-state index in [2.05, 4.69) is 15.7 Å². The summed E-state index contributed by atoms with van der Waals surface area (Å²) in [5, 5.41) is 9.69. The number of hydrogen-bond acceptors (Lipinski definition) is 4. The van der Waals surface area contributed by atoms with Crippen LogP contribution in [0.5, 0.6) is 0 Å². The van der Waals surface area contributed by atoms with Crippen molar-refractivity contribution >= 4 is 17.5 Å². The monoisotopic (exact) mass is 370 g/mol. The third-order valence-electron chi connectivity index (χ3n) is 3.93. The predicted octanol–water partition coefficient (Wildman–Crippen LogP) is 2.42. The number of hydrogen-bond donors (Lipinski definition) is 2. The fraction of sp³-hybridized carbons (Fsp3) is 0.400. The minimum Gasteiger partial charge on any atom is -0.351 e. The topological polar surface area (TPSA) is 93.1 Å². The number of nitrogens with one attached hydrogen (secondary N) is 2. The Morgan fingerprint density at radius 1 is 1.07 bits per heavy atom. The lowest BCUT2D eigenvalue weighted by Crippen LogP contribution is -2.41. The molecule has 0 fully saturated rings. The van der Waals surface area contributed by atoms with E-state index in [0.717, 1.165) is 15.8 Å². The molecule has 0 bridgehead atoms. The summed E-state index contributed by atoms with van der Waals surface area (Å²) < 4.78 is 1.14. The van der Waals surface area contributed by atoms with E-state index in [1.165, 1.54) is 12.1 Å². The molecule has 0 unspecified atom stereocenters. The third-order valence-corrected chi connectivity index (χ3v) is 3.93. The summed E-state index contributed by atoms with van der Waals surface area (Å²) in [6.45, 7) is 9.71. The van der Waals surface area contributed by atoms with Crippen molar-refractivity contribution in [2.45, 2.75) is 53.1 Å². The molecular formula is C20H26N4O3. The zero-order chi connectivity index (χ0) is 20.2. The van der Waals surface area contributed by atoms with Crippen molar-refractivity contribution < 1.29 is 9.59 Å². The molecule has 0 aliphatic heterocycles. The van der Waals surface area contributed by atoms with Crippen LogP contribution in [-0.2, 0) is 11.3 Å². The summed E-state index contributed by atoms with van der Waals surface area (Å²) in [5.41, 5.74) is 2.27. The second-order valence-corrected chi connectivity index (χ2v) is 7.58. The fourth-order valence-electron chi connectivity index (χ4n) is 2.43. The Morgan fingerprint density at radius 2 is 1.78 bits per heavy atom. The highest BCUT2D eigenvalue weighted by atomic mass is 16.2. The second-order valence-electron chi connectivity index (χ2n) is 7.58. The Hall–Kier alpha value is -2.96. The Labute approximate surface area is 158 Å². The molecule has 0 aliphatic carbocycles. The summed E-state index contributed by atoms with van der Waals surface area (Å²) in [4.78, 5) is 36.3. The van der Waals surface area contributed by atoms with E-state index < -0.39 is 5.91 Å². The highest BCUT2D eigenvalue weighted by molar-refractivity contribution is 6.02. The average Bonchev–Trinajstić information content (AvgIpc) is 2.56. The van der Waals surface area contributed by atoms with E-state index in [-0.39, 0.29) is 35.7 Å². The Balaban J connectivity index is 2.09. The van der Waals surface area contributed by atoms with Crippen LogP contribution in [-0.4, -0.2) is 27.1 Å². The minimum absolute atomic E-state index is 0.103. The molecular weight excluding hydrogens is 344 g/mol. The van der Waals surface area contributed by atoms with Crippen LogP contribution in [0.15, 0.2) is 35.1 Å². The van der Waals surface area contributed by atoms with Crippen LogP contribution in [0.2, 0.25) is 0 Å². The van der Waals surface area contributed by atoms with Crippen molar-refractivity contribution in [1.29, 1.82) is 0 Å².